The van der Waals surface area contributed by atoms with Gasteiger partial charge in [0.05, 0.1) is 29.4 Å². The van der Waals surface area contributed by atoms with Gasteiger partial charge in [0, 0.05) is 48.4 Å². The van der Waals surface area contributed by atoms with Gasteiger partial charge in [-0.3, -0.25) is 9.98 Å². The zero-order valence-electron chi connectivity index (χ0n) is 27.4. The van der Waals surface area contributed by atoms with E-state index in [0.717, 1.165) is 37.3 Å². The smallest absolute Gasteiger partial charge is 0.383 e. The van der Waals surface area contributed by atoms with Crippen molar-refractivity contribution in [2.24, 2.45) is 5.73 Å². The van der Waals surface area contributed by atoms with Crippen molar-refractivity contribution in [3.05, 3.63) is 81.7 Å². The minimum atomic E-state index is -4.90. The van der Waals surface area contributed by atoms with Crippen LogP contribution in [0.2, 0.25) is 0 Å². The molecule has 0 saturated carbocycles. The second-order valence-corrected chi connectivity index (χ2v) is 12.8. The van der Waals surface area contributed by atoms with E-state index in [9.17, 15) is 18.0 Å². The number of rotatable bonds is 12. The molecule has 0 spiro atoms. The molecule has 1 saturated heterocycles. The quantitative estimate of drug-likeness (QED) is 0.0675. The van der Waals surface area contributed by atoms with Gasteiger partial charge in [0.1, 0.15) is 11.5 Å². The summed E-state index contributed by atoms with van der Waals surface area (Å²) >= 11 is 0. The number of alkyl halides is 3. The maximum Gasteiger partial charge on any atom is 0.419 e. The van der Waals surface area contributed by atoms with Crippen molar-refractivity contribution in [1.29, 1.82) is 5.41 Å². The lowest BCUT2D eigenvalue weighted by Gasteiger charge is -2.33. The zero-order valence-corrected chi connectivity index (χ0v) is 27.4. The standard InChI is InChI=1S/C35H43F4N7O2/c1-20(42-21(2)40)14-26-8-5-9-30(43-26)23-10-12-27(13-11-23)46-18-24-17-31(44-33(24)45-34(46)47)28-15-22(6-4-7-25(41)19-48-3)16-29(32(28)36)35(37,38)39/h10-13,15-18,20,25-26,30,43H,4-9,14,19,41H2,1-3H3,(H2,40,42)(H,44,45,47)/t20-,25-,26+,30+/m1/s1. The summed E-state index contributed by atoms with van der Waals surface area (Å²) in [4.78, 5) is 20.1. The maximum absolute atomic E-state index is 15.4. The summed E-state index contributed by atoms with van der Waals surface area (Å²) in [5.41, 5.74) is 5.99. The fraction of sp³-hybridized carbons (Fsp3) is 0.457. The van der Waals surface area contributed by atoms with E-state index in [0.29, 0.717) is 48.0 Å². The molecular weight excluding hydrogens is 626 g/mol. The van der Waals surface area contributed by atoms with Gasteiger partial charge in [-0.1, -0.05) is 18.6 Å². The van der Waals surface area contributed by atoms with Gasteiger partial charge in [-0.05, 0) is 93.8 Å². The number of methoxy groups -OCH3 is 1. The van der Waals surface area contributed by atoms with Gasteiger partial charge in [-0.25, -0.2) is 9.18 Å². The minimum absolute atomic E-state index is 0.0872. The Morgan fingerprint density at radius 1 is 1.21 bits per heavy atom. The first-order valence-electron chi connectivity index (χ1n) is 16.3. The summed E-state index contributed by atoms with van der Waals surface area (Å²) in [5.74, 6) is -0.944. The molecule has 13 heteroatoms. The number of nitrogens with zero attached hydrogens (tertiary/aromatic N) is 2. The molecule has 4 aromatic rings. The number of aryl methyl sites for hydroxylation is 1. The van der Waals surface area contributed by atoms with E-state index in [1.165, 1.54) is 23.8 Å². The largest absolute Gasteiger partial charge is 0.419 e. The topological polar surface area (TPSA) is 134 Å². The molecule has 3 heterocycles. The van der Waals surface area contributed by atoms with Crippen LogP contribution in [0.1, 0.15) is 75.1 Å². The third-order valence-electron chi connectivity index (χ3n) is 8.81. The van der Waals surface area contributed by atoms with Crippen LogP contribution >= 0.6 is 0 Å². The Kier molecular flexibility index (Phi) is 11.0. The Balaban J connectivity index is 1.38. The summed E-state index contributed by atoms with van der Waals surface area (Å²) in [6.45, 7) is 4.14. The Morgan fingerprint density at radius 2 is 1.96 bits per heavy atom. The number of piperidine rings is 1. The molecule has 5 rings (SSSR count). The molecule has 258 valence electrons. The predicted molar refractivity (Wildman–Crippen MR) is 179 cm³/mol. The monoisotopic (exact) mass is 669 g/mol. The highest BCUT2D eigenvalue weighted by atomic mass is 19.4. The number of fused-ring (bicyclic) bond motifs is 1. The second kappa shape index (κ2) is 15.0. The van der Waals surface area contributed by atoms with E-state index in [2.05, 4.69) is 27.5 Å². The first-order chi connectivity index (χ1) is 22.8. The fourth-order valence-electron chi connectivity index (χ4n) is 6.61. The van der Waals surface area contributed by atoms with Gasteiger partial charge < -0.3 is 26.1 Å². The first-order valence-corrected chi connectivity index (χ1v) is 16.3. The van der Waals surface area contributed by atoms with E-state index in [1.807, 2.05) is 24.3 Å². The molecule has 1 aliphatic heterocycles. The van der Waals surface area contributed by atoms with Gasteiger partial charge in [0.2, 0.25) is 0 Å². The molecule has 0 unspecified atom stereocenters. The van der Waals surface area contributed by atoms with Gasteiger partial charge in [0.25, 0.3) is 0 Å². The van der Waals surface area contributed by atoms with Crippen LogP contribution in [-0.4, -0.2) is 52.2 Å². The lowest BCUT2D eigenvalue weighted by Crippen LogP contribution is -2.42. The van der Waals surface area contributed by atoms with Crippen LogP contribution in [0.25, 0.3) is 28.0 Å². The molecule has 0 bridgehead atoms. The van der Waals surface area contributed by atoms with Crippen LogP contribution in [0.4, 0.5) is 17.6 Å². The van der Waals surface area contributed by atoms with E-state index < -0.39 is 23.2 Å². The Bertz CT molecular complexity index is 1780. The number of hydrogen-bond acceptors (Lipinski definition) is 6. The number of nitrogens with two attached hydrogens (primary N) is 1. The molecule has 0 radical (unpaired) electrons. The highest BCUT2D eigenvalue weighted by Crippen LogP contribution is 2.37. The summed E-state index contributed by atoms with van der Waals surface area (Å²) in [7, 11) is 1.53. The number of H-pyrrole nitrogens is 1. The van der Waals surface area contributed by atoms with Crippen molar-refractivity contribution in [1.82, 2.24) is 25.2 Å². The predicted octanol–water partition coefficient (Wildman–Crippen LogP) is 6.38. The Morgan fingerprint density at radius 3 is 2.65 bits per heavy atom. The third-order valence-corrected chi connectivity index (χ3v) is 8.81. The highest BCUT2D eigenvalue weighted by molar-refractivity contribution is 5.83. The van der Waals surface area contributed by atoms with Crippen LogP contribution < -0.4 is 22.1 Å². The fourth-order valence-corrected chi connectivity index (χ4v) is 6.61. The van der Waals surface area contributed by atoms with E-state index in [1.54, 1.807) is 13.1 Å². The van der Waals surface area contributed by atoms with Crippen molar-refractivity contribution < 1.29 is 22.3 Å². The van der Waals surface area contributed by atoms with Crippen molar-refractivity contribution in [2.45, 2.75) is 89.1 Å². The lowest BCUT2D eigenvalue weighted by atomic mass is 9.90. The Hall–Kier alpha value is -4.07. The average Bonchev–Trinajstić information content (AvgIpc) is 3.43. The van der Waals surface area contributed by atoms with Crippen molar-refractivity contribution in [3.8, 4) is 16.9 Å². The zero-order chi connectivity index (χ0) is 34.6. The summed E-state index contributed by atoms with van der Waals surface area (Å²) in [6, 6.07) is 11.8. The molecule has 4 atom stereocenters. The van der Waals surface area contributed by atoms with Crippen LogP contribution in [0.15, 0.2) is 53.5 Å². The van der Waals surface area contributed by atoms with Gasteiger partial charge in [-0.2, -0.15) is 18.2 Å². The molecule has 1 fully saturated rings. The Labute approximate surface area is 276 Å². The number of benzene rings is 2. The number of aromatic nitrogens is 3. The number of ether oxygens (including phenoxy) is 1. The van der Waals surface area contributed by atoms with Gasteiger partial charge in [0.15, 0.2) is 0 Å². The summed E-state index contributed by atoms with van der Waals surface area (Å²) in [6.07, 6.45) is 1.98. The number of aromatic amines is 1. The molecule has 0 aliphatic carbocycles. The molecule has 2 aromatic heterocycles. The molecule has 48 heavy (non-hydrogen) atoms. The summed E-state index contributed by atoms with van der Waals surface area (Å²) in [5, 5.41) is 15.0. The summed E-state index contributed by atoms with van der Waals surface area (Å²) < 4.78 is 63.4. The molecule has 0 amide bonds. The van der Waals surface area contributed by atoms with Gasteiger partial charge in [-0.15, -0.1) is 0 Å². The normalized spacial score (nSPS) is 18.2. The van der Waals surface area contributed by atoms with Crippen molar-refractivity contribution >= 4 is 16.9 Å². The number of hydrogen-bond donors (Lipinski definition) is 5. The SMILES string of the molecule is COC[C@H](N)CCCc1cc(-c2cc3cn(-c4ccc([C@@H]5CCC[C@@H](C[C@@H](C)NC(C)=N)N5)cc4)c(=O)nc3[nH]2)c(F)c(C(F)(F)F)c1. The van der Waals surface area contributed by atoms with Crippen molar-refractivity contribution in [2.75, 3.05) is 13.7 Å². The molecule has 1 aliphatic rings. The molecule has 2 aromatic carbocycles. The van der Waals surface area contributed by atoms with E-state index in [4.69, 9.17) is 15.9 Å². The van der Waals surface area contributed by atoms with Gasteiger partial charge >= 0.3 is 11.9 Å². The van der Waals surface area contributed by atoms with Crippen LogP contribution in [0.3, 0.4) is 0 Å². The number of amidine groups is 1. The van der Waals surface area contributed by atoms with Crippen LogP contribution in [0, 0.1) is 11.2 Å². The maximum atomic E-state index is 15.4. The first kappa shape index (κ1) is 35.2. The van der Waals surface area contributed by atoms with E-state index in [-0.39, 0.29) is 41.5 Å². The lowest BCUT2D eigenvalue weighted by molar-refractivity contribution is -0.140. The molecule has 9 nitrogen and oxygen atoms in total. The van der Waals surface area contributed by atoms with E-state index >= 15 is 4.39 Å². The van der Waals surface area contributed by atoms with Crippen LogP contribution in [-0.2, 0) is 17.3 Å². The second-order valence-electron chi connectivity index (χ2n) is 12.8. The average molecular weight is 670 g/mol. The third kappa shape index (κ3) is 8.50. The number of halogens is 4. The molecule has 6 N–H and O–H groups in total. The van der Waals surface area contributed by atoms with Crippen molar-refractivity contribution in [3.63, 3.8) is 0 Å². The van der Waals surface area contributed by atoms with Crippen LogP contribution in [0.5, 0.6) is 0 Å². The number of nitrogens with one attached hydrogen (secondary N) is 4. The molecular formula is C35H43F4N7O2. The highest BCUT2D eigenvalue weighted by Gasteiger charge is 2.36. The minimum Gasteiger partial charge on any atom is -0.383 e.